The van der Waals surface area contributed by atoms with Gasteiger partial charge in [-0.05, 0) is 19.1 Å². The fraction of sp³-hybridized carbons (Fsp3) is 0.400. The predicted octanol–water partition coefficient (Wildman–Crippen LogP) is 1.45. The highest BCUT2D eigenvalue weighted by atomic mass is 19.4. The van der Waals surface area contributed by atoms with Gasteiger partial charge in [-0.25, -0.2) is 4.79 Å². The molecule has 1 aliphatic rings. The Labute approximate surface area is 140 Å². The molecule has 1 aliphatic heterocycles. The lowest BCUT2D eigenvalue weighted by Gasteiger charge is -2.31. The Morgan fingerprint density at radius 1 is 1.40 bits per heavy atom. The first-order valence-corrected chi connectivity index (χ1v) is 7.16. The number of benzene rings is 1. The number of carbonyl (C=O) groups excluding carboxylic acids is 2. The lowest BCUT2D eigenvalue weighted by atomic mass is 10.0. The molecule has 7 nitrogen and oxygen atoms in total. The quantitative estimate of drug-likeness (QED) is 0.651. The third-order valence-electron chi connectivity index (χ3n) is 3.48. The maximum Gasteiger partial charge on any atom is 0.438 e. The van der Waals surface area contributed by atoms with Crippen molar-refractivity contribution in [2.75, 3.05) is 13.7 Å². The van der Waals surface area contributed by atoms with Crippen molar-refractivity contribution in [2.24, 2.45) is 5.10 Å². The zero-order chi connectivity index (χ0) is 18.8. The molecule has 1 aromatic rings. The van der Waals surface area contributed by atoms with E-state index in [1.165, 1.54) is 32.2 Å². The number of hydrogen-bond acceptors (Lipinski definition) is 6. The normalized spacial score (nSPS) is 20.2. The van der Waals surface area contributed by atoms with Crippen molar-refractivity contribution in [3.05, 3.63) is 29.8 Å². The van der Waals surface area contributed by atoms with E-state index in [9.17, 15) is 27.9 Å². The number of amides is 1. The second-order valence-corrected chi connectivity index (χ2v) is 5.11. The number of hydrazone groups is 1. The van der Waals surface area contributed by atoms with Gasteiger partial charge in [0.2, 0.25) is 0 Å². The van der Waals surface area contributed by atoms with Crippen LogP contribution >= 0.6 is 0 Å². The number of aliphatic hydroxyl groups is 1. The Morgan fingerprint density at radius 2 is 2.08 bits per heavy atom. The summed E-state index contributed by atoms with van der Waals surface area (Å²) in [7, 11) is 1.37. The van der Waals surface area contributed by atoms with Gasteiger partial charge in [0.15, 0.2) is 0 Å². The highest BCUT2D eigenvalue weighted by Crippen LogP contribution is 2.41. The Morgan fingerprint density at radius 3 is 2.64 bits per heavy atom. The van der Waals surface area contributed by atoms with Crippen molar-refractivity contribution in [1.82, 2.24) is 5.01 Å². The molecule has 0 saturated carbocycles. The van der Waals surface area contributed by atoms with Gasteiger partial charge in [-0.2, -0.15) is 23.3 Å². The van der Waals surface area contributed by atoms with E-state index in [0.29, 0.717) is 5.75 Å². The summed E-state index contributed by atoms with van der Waals surface area (Å²) in [6.07, 6.45) is -6.27. The summed E-state index contributed by atoms with van der Waals surface area (Å²) >= 11 is 0. The van der Waals surface area contributed by atoms with Crippen molar-refractivity contribution in [3.8, 4) is 5.75 Å². The van der Waals surface area contributed by atoms with Crippen LogP contribution in [0.2, 0.25) is 0 Å². The summed E-state index contributed by atoms with van der Waals surface area (Å²) in [6, 6.07) is 5.92. The van der Waals surface area contributed by atoms with Crippen LogP contribution in [0.1, 0.15) is 18.9 Å². The molecule has 0 spiro atoms. The van der Waals surface area contributed by atoms with Crippen LogP contribution < -0.4 is 4.74 Å². The van der Waals surface area contributed by atoms with Crippen molar-refractivity contribution in [1.29, 1.82) is 0 Å². The molecule has 1 atom stereocenters. The maximum atomic E-state index is 13.3. The van der Waals surface area contributed by atoms with Gasteiger partial charge in [-0.15, -0.1) is 0 Å². The van der Waals surface area contributed by atoms with E-state index < -0.39 is 30.2 Å². The highest BCUT2D eigenvalue weighted by Gasteiger charge is 2.64. The SMILES string of the molecule is CCOC(=O)C(=O)N1N=C(c2cccc(OC)c2)C[C@@]1(O)C(F)(F)F. The number of methoxy groups -OCH3 is 1. The first-order chi connectivity index (χ1) is 11.6. The van der Waals surface area contributed by atoms with Gasteiger partial charge in [-0.3, -0.25) is 4.79 Å². The van der Waals surface area contributed by atoms with E-state index in [-0.39, 0.29) is 22.9 Å². The van der Waals surface area contributed by atoms with Crippen LogP contribution in [0.15, 0.2) is 29.4 Å². The van der Waals surface area contributed by atoms with Crippen LogP contribution in [0, 0.1) is 0 Å². The molecule has 2 rings (SSSR count). The van der Waals surface area contributed by atoms with E-state index >= 15 is 0 Å². The number of esters is 1. The lowest BCUT2D eigenvalue weighted by molar-refractivity contribution is -0.302. The average molecular weight is 360 g/mol. The van der Waals surface area contributed by atoms with Crippen LogP contribution in [0.4, 0.5) is 13.2 Å². The molecule has 0 radical (unpaired) electrons. The zero-order valence-corrected chi connectivity index (χ0v) is 13.3. The molecule has 1 amide bonds. The van der Waals surface area contributed by atoms with Gasteiger partial charge in [0, 0.05) is 5.56 Å². The number of rotatable bonds is 3. The molecular formula is C15H15F3N2O5. The fourth-order valence-electron chi connectivity index (χ4n) is 2.22. The molecule has 1 heterocycles. The summed E-state index contributed by atoms with van der Waals surface area (Å²) in [6.45, 7) is 1.17. The summed E-state index contributed by atoms with van der Waals surface area (Å²) in [4.78, 5) is 23.5. The van der Waals surface area contributed by atoms with E-state index in [0.717, 1.165) is 0 Å². The summed E-state index contributed by atoms with van der Waals surface area (Å²) < 4.78 is 49.4. The number of halogens is 3. The lowest BCUT2D eigenvalue weighted by Crippen LogP contribution is -2.58. The number of nitrogens with zero attached hydrogens (tertiary/aromatic N) is 2. The standard InChI is InChI=1S/C15H15F3N2O5/c1-3-25-13(22)12(21)20-14(23,15(16,17)18)8-11(19-20)9-5-4-6-10(7-9)24-2/h4-7,23H,3,8H2,1-2H3/t14-/m1/s1. The third-order valence-corrected chi connectivity index (χ3v) is 3.48. The smallest absolute Gasteiger partial charge is 0.438 e. The topological polar surface area (TPSA) is 88.4 Å². The van der Waals surface area contributed by atoms with E-state index in [1.54, 1.807) is 6.07 Å². The Hall–Kier alpha value is -2.62. The summed E-state index contributed by atoms with van der Waals surface area (Å²) in [5, 5.41) is 13.3. The van der Waals surface area contributed by atoms with Gasteiger partial charge < -0.3 is 14.6 Å². The number of ether oxygens (including phenoxy) is 2. The molecule has 10 heteroatoms. The van der Waals surface area contributed by atoms with Crippen molar-refractivity contribution in [3.63, 3.8) is 0 Å². The summed E-state index contributed by atoms with van der Waals surface area (Å²) in [5.41, 5.74) is -3.66. The minimum Gasteiger partial charge on any atom is -0.497 e. The molecule has 0 saturated heterocycles. The van der Waals surface area contributed by atoms with E-state index in [1.807, 2.05) is 0 Å². The van der Waals surface area contributed by atoms with Gasteiger partial charge in [0.25, 0.3) is 5.72 Å². The van der Waals surface area contributed by atoms with Gasteiger partial charge in [0.1, 0.15) is 5.75 Å². The summed E-state index contributed by atoms with van der Waals surface area (Å²) in [5.74, 6) is -2.90. The fourth-order valence-corrected chi connectivity index (χ4v) is 2.22. The third kappa shape index (κ3) is 3.43. The van der Waals surface area contributed by atoms with Gasteiger partial charge >= 0.3 is 18.1 Å². The highest BCUT2D eigenvalue weighted by molar-refractivity contribution is 6.33. The molecule has 1 N–H and O–H groups in total. The Balaban J connectivity index is 2.45. The predicted molar refractivity (Wildman–Crippen MR) is 78.6 cm³/mol. The molecule has 0 bridgehead atoms. The molecule has 25 heavy (non-hydrogen) atoms. The largest absolute Gasteiger partial charge is 0.497 e. The monoisotopic (exact) mass is 360 g/mol. The maximum absolute atomic E-state index is 13.3. The van der Waals surface area contributed by atoms with E-state index in [2.05, 4.69) is 9.84 Å². The molecule has 0 unspecified atom stereocenters. The van der Waals surface area contributed by atoms with Crippen molar-refractivity contribution >= 4 is 17.6 Å². The van der Waals surface area contributed by atoms with Crippen LogP contribution in [0.25, 0.3) is 0 Å². The minimum absolute atomic E-state index is 0.209. The molecule has 136 valence electrons. The number of alkyl halides is 3. The number of carbonyl (C=O) groups is 2. The molecule has 0 aliphatic carbocycles. The van der Waals surface area contributed by atoms with Gasteiger partial charge in [-0.1, -0.05) is 12.1 Å². The molecule has 0 aromatic heterocycles. The van der Waals surface area contributed by atoms with Crippen LogP contribution in [-0.4, -0.2) is 53.3 Å². The first kappa shape index (κ1) is 18.7. The average Bonchev–Trinajstić information content (AvgIpc) is 2.93. The second-order valence-electron chi connectivity index (χ2n) is 5.11. The Bertz CT molecular complexity index is 719. The van der Waals surface area contributed by atoms with E-state index in [4.69, 9.17) is 4.74 Å². The van der Waals surface area contributed by atoms with Crippen LogP contribution in [0.3, 0.4) is 0 Å². The first-order valence-electron chi connectivity index (χ1n) is 7.16. The molecular weight excluding hydrogens is 345 g/mol. The van der Waals surface area contributed by atoms with Crippen molar-refractivity contribution < 1.29 is 37.3 Å². The molecule has 0 fully saturated rings. The van der Waals surface area contributed by atoms with Crippen molar-refractivity contribution in [2.45, 2.75) is 25.2 Å². The Kier molecular flexibility index (Phi) is 5.02. The van der Waals surface area contributed by atoms with Crippen LogP contribution in [0.5, 0.6) is 5.75 Å². The minimum atomic E-state index is -5.24. The zero-order valence-electron chi connectivity index (χ0n) is 13.3. The number of hydrogen-bond donors (Lipinski definition) is 1. The van der Waals surface area contributed by atoms with Crippen LogP contribution in [-0.2, 0) is 14.3 Å². The second kappa shape index (κ2) is 6.71. The molecule has 1 aromatic carbocycles. The van der Waals surface area contributed by atoms with Gasteiger partial charge in [0.05, 0.1) is 25.8 Å².